The number of rotatable bonds is 8. The van der Waals surface area contributed by atoms with Crippen molar-refractivity contribution < 1.29 is 16.2 Å². The van der Waals surface area contributed by atoms with E-state index in [1.54, 1.807) is 0 Å². The molecule has 0 radical (unpaired) electrons. The molecule has 0 N–H and O–H groups in total. The van der Waals surface area contributed by atoms with Crippen LogP contribution in [0.3, 0.4) is 0 Å². The number of aryl methyl sites for hydroxylation is 1. The van der Waals surface area contributed by atoms with E-state index in [4.69, 9.17) is 13.8 Å². The van der Waals surface area contributed by atoms with Gasteiger partial charge in [0.05, 0.1) is 40.3 Å². The highest BCUT2D eigenvalue weighted by atomic mass is 16.5. The number of benzene rings is 7. The topological polar surface area (TPSA) is 35.9 Å². The second-order valence-corrected chi connectivity index (χ2v) is 21.1. The minimum Gasteiger partial charge on any atom is -0.458 e. The van der Waals surface area contributed by atoms with Gasteiger partial charge in [-0.2, -0.15) is 0 Å². The Bertz CT molecular complexity index is 3730. The van der Waals surface area contributed by atoms with Crippen LogP contribution in [0.5, 0.6) is 11.5 Å². The van der Waals surface area contributed by atoms with Gasteiger partial charge in [0.15, 0.2) is 0 Å². The van der Waals surface area contributed by atoms with Gasteiger partial charge in [-0.05, 0) is 123 Å². The smallest absolute Gasteiger partial charge is 0.269 e. The van der Waals surface area contributed by atoms with E-state index in [9.17, 15) is 2.74 Å². The lowest BCUT2D eigenvalue weighted by molar-refractivity contribution is -0.571. The standard InChI is InChI=1S/C62H60N4O/c1-41-19-16-28-55-58(41)65(59-50(43-20-12-11-13-21-43)25-18-26-51(59)44-34-45(61(5,6)7)36-46(35-44)62(8,9)10)40-64(55)47-22-17-23-48(37-47)67-49-29-30-53-52-24-14-15-27-54(52)66(56(53)38-49)57-33-42(31-32-63-57)39-60(2,3)4/h11-38H,39H2,1-10H3/i11D,12D,13D,20D,21D. The van der Waals surface area contributed by atoms with Crippen LogP contribution < -0.4 is 9.30 Å². The van der Waals surface area contributed by atoms with E-state index in [1.807, 2.05) is 63.9 Å². The number of aromatic nitrogens is 4. The molecule has 3 heterocycles. The van der Waals surface area contributed by atoms with Crippen LogP contribution in [0, 0.1) is 18.7 Å². The molecule has 0 aliphatic rings. The molecule has 67 heavy (non-hydrogen) atoms. The Balaban J connectivity index is 1.15. The zero-order chi connectivity index (χ0) is 51.2. The number of fused-ring (bicyclic) bond motifs is 4. The number of para-hydroxylation sites is 3. The van der Waals surface area contributed by atoms with Gasteiger partial charge in [0.2, 0.25) is 0 Å². The first-order chi connectivity index (χ1) is 34.1. The molecule has 0 amide bonds. The van der Waals surface area contributed by atoms with Gasteiger partial charge < -0.3 is 4.74 Å². The van der Waals surface area contributed by atoms with Gasteiger partial charge in [-0.1, -0.05) is 171 Å². The van der Waals surface area contributed by atoms with Gasteiger partial charge >= 0.3 is 0 Å². The Hall–Kier alpha value is -7.24. The van der Waals surface area contributed by atoms with E-state index in [2.05, 4.69) is 165 Å². The summed E-state index contributed by atoms with van der Waals surface area (Å²) in [6.07, 6.45) is 6.57. The van der Waals surface area contributed by atoms with E-state index in [0.717, 1.165) is 78.6 Å². The molecule has 0 fully saturated rings. The third-order valence-electron chi connectivity index (χ3n) is 12.6. The summed E-state index contributed by atoms with van der Waals surface area (Å²) < 4.78 is 57.5. The summed E-state index contributed by atoms with van der Waals surface area (Å²) in [7, 11) is 0. The highest BCUT2D eigenvalue weighted by molar-refractivity contribution is 6.09. The average Bonchev–Trinajstić information content (AvgIpc) is 3.88. The molecular weight excluding hydrogens is 817 g/mol. The van der Waals surface area contributed by atoms with Gasteiger partial charge in [0.25, 0.3) is 6.33 Å². The van der Waals surface area contributed by atoms with Crippen molar-refractivity contribution in [2.45, 2.75) is 86.5 Å². The second kappa shape index (κ2) is 16.6. The van der Waals surface area contributed by atoms with Crippen molar-refractivity contribution in [3.8, 4) is 50.9 Å². The highest BCUT2D eigenvalue weighted by Gasteiger charge is 2.25. The zero-order valence-corrected chi connectivity index (χ0v) is 40.2. The predicted octanol–water partition coefficient (Wildman–Crippen LogP) is 15.8. The maximum absolute atomic E-state index is 9.25. The van der Waals surface area contributed by atoms with Crippen LogP contribution in [0.4, 0.5) is 0 Å². The number of hydrogen-bond acceptors (Lipinski definition) is 2. The Morgan fingerprint density at radius 3 is 2.00 bits per heavy atom. The second-order valence-electron chi connectivity index (χ2n) is 21.1. The number of nitrogens with zero attached hydrogens (tertiary/aromatic N) is 4. The molecule has 7 aromatic carbocycles. The number of hydrogen-bond donors (Lipinski definition) is 0. The minimum absolute atomic E-state index is 0.121. The maximum atomic E-state index is 9.25. The summed E-state index contributed by atoms with van der Waals surface area (Å²) in [6.45, 7) is 22.1. The average molecular weight is 882 g/mol. The van der Waals surface area contributed by atoms with E-state index in [-0.39, 0.29) is 46.0 Å². The predicted molar refractivity (Wildman–Crippen MR) is 278 cm³/mol. The van der Waals surface area contributed by atoms with Crippen LogP contribution in [-0.2, 0) is 17.3 Å². The number of pyridine rings is 1. The summed E-state index contributed by atoms with van der Waals surface area (Å²) in [4.78, 5) is 4.89. The van der Waals surface area contributed by atoms with Crippen LogP contribution in [0.1, 0.15) is 91.4 Å². The lowest BCUT2D eigenvalue weighted by Gasteiger charge is -2.27. The summed E-state index contributed by atoms with van der Waals surface area (Å²) >= 11 is 0. The third-order valence-corrected chi connectivity index (χ3v) is 12.6. The maximum Gasteiger partial charge on any atom is 0.269 e. The van der Waals surface area contributed by atoms with Gasteiger partial charge in [-0.3, -0.25) is 13.7 Å². The van der Waals surface area contributed by atoms with E-state index in [1.165, 1.54) is 5.56 Å². The Morgan fingerprint density at radius 1 is 0.612 bits per heavy atom. The molecule has 0 aliphatic heterocycles. The molecule has 5 heteroatoms. The molecule has 0 saturated carbocycles. The SMILES string of the molecule is [2H]c1c([2H])c([2H])c(-c2cccc(-c3cc(C(C)(C)C)cc(C(C)(C)C)c3)c2-[n+]2[c-]n(-c3cccc(Oc4ccc5c6ccccc6n(-c6cc(CC(C)(C)C)ccn6)c5c4)c3)c3cccc(C)c32)c([2H])c1[2H]. The van der Waals surface area contributed by atoms with E-state index >= 15 is 0 Å². The number of ether oxygens (including phenoxy) is 1. The van der Waals surface area contributed by atoms with Crippen molar-refractivity contribution in [2.75, 3.05) is 0 Å². The first-order valence-electron chi connectivity index (χ1n) is 25.7. The molecule has 10 rings (SSSR count). The normalized spacial score (nSPS) is 13.4. The van der Waals surface area contributed by atoms with Gasteiger partial charge in [0, 0.05) is 23.0 Å². The lowest BCUT2D eigenvalue weighted by atomic mass is 9.78. The van der Waals surface area contributed by atoms with Crippen molar-refractivity contribution in [3.05, 3.63) is 198 Å². The van der Waals surface area contributed by atoms with E-state index < -0.39 is 6.04 Å². The molecule has 0 aliphatic carbocycles. The lowest BCUT2D eigenvalue weighted by Crippen LogP contribution is -2.32. The molecule has 0 unspecified atom stereocenters. The van der Waals surface area contributed by atoms with Crippen molar-refractivity contribution in [1.82, 2.24) is 14.1 Å². The van der Waals surface area contributed by atoms with Crippen LogP contribution >= 0.6 is 0 Å². The first-order valence-corrected chi connectivity index (χ1v) is 23.2. The first kappa shape index (κ1) is 37.9. The van der Waals surface area contributed by atoms with Gasteiger partial charge in [-0.15, -0.1) is 0 Å². The Labute approximate surface area is 403 Å². The quantitative estimate of drug-likeness (QED) is 0.113. The van der Waals surface area contributed by atoms with Crippen LogP contribution in [0.25, 0.3) is 72.3 Å². The van der Waals surface area contributed by atoms with E-state index in [0.29, 0.717) is 22.7 Å². The fourth-order valence-electron chi connectivity index (χ4n) is 9.32. The molecule has 3 aromatic heterocycles. The zero-order valence-electron chi connectivity index (χ0n) is 45.2. The fraction of sp³-hybridized carbons (Fsp3) is 0.226. The fourth-order valence-corrected chi connectivity index (χ4v) is 9.32. The molecule has 0 spiro atoms. The molecule has 0 bridgehead atoms. The van der Waals surface area contributed by atoms with Gasteiger partial charge in [0.1, 0.15) is 17.3 Å². The summed E-state index contributed by atoms with van der Waals surface area (Å²) in [5.41, 5.74) is 11.9. The third kappa shape index (κ3) is 8.44. The Kier molecular flexibility index (Phi) is 9.38. The van der Waals surface area contributed by atoms with Gasteiger partial charge in [-0.25, -0.2) is 4.98 Å². The molecule has 334 valence electrons. The molecule has 0 saturated heterocycles. The minimum atomic E-state index is -0.436. The van der Waals surface area contributed by atoms with Crippen molar-refractivity contribution in [1.29, 1.82) is 0 Å². The highest BCUT2D eigenvalue weighted by Crippen LogP contribution is 2.40. The molecule has 0 atom stereocenters. The van der Waals surface area contributed by atoms with Crippen molar-refractivity contribution in [3.63, 3.8) is 0 Å². The van der Waals surface area contributed by atoms with Crippen molar-refractivity contribution >= 4 is 32.8 Å². The largest absolute Gasteiger partial charge is 0.458 e. The van der Waals surface area contributed by atoms with Crippen LogP contribution in [-0.4, -0.2) is 14.1 Å². The van der Waals surface area contributed by atoms with Crippen molar-refractivity contribution in [2.24, 2.45) is 5.41 Å². The molecule has 5 nitrogen and oxygen atoms in total. The summed E-state index contributed by atoms with van der Waals surface area (Å²) in [5.74, 6) is 2.16. The van der Waals surface area contributed by atoms with Crippen LogP contribution in [0.2, 0.25) is 0 Å². The summed E-state index contributed by atoms with van der Waals surface area (Å²) in [5, 5.41) is 2.24. The van der Waals surface area contributed by atoms with Crippen LogP contribution in [0.15, 0.2) is 170 Å². The Morgan fingerprint density at radius 2 is 1.27 bits per heavy atom. The molecular formula is C62H60N4O. The number of imidazole rings is 1. The molecule has 10 aromatic rings. The summed E-state index contributed by atoms with van der Waals surface area (Å²) in [6, 6.07) is 43.9. The monoisotopic (exact) mass is 882 g/mol.